The van der Waals surface area contributed by atoms with E-state index in [1.165, 1.54) is 12.8 Å². The van der Waals surface area contributed by atoms with E-state index in [9.17, 15) is 4.79 Å². The van der Waals surface area contributed by atoms with Crippen molar-refractivity contribution >= 4 is 6.41 Å². The lowest BCUT2D eigenvalue weighted by Gasteiger charge is -2.15. The third-order valence-corrected chi connectivity index (χ3v) is 3.25. The molecule has 1 heterocycles. The van der Waals surface area contributed by atoms with Crippen molar-refractivity contribution in [2.24, 2.45) is 5.92 Å². The number of hydrogen-bond donors (Lipinski definition) is 2. The van der Waals surface area contributed by atoms with Gasteiger partial charge in [0.1, 0.15) is 5.82 Å². The van der Waals surface area contributed by atoms with Gasteiger partial charge in [-0.25, -0.2) is 4.98 Å². The average Bonchev–Trinajstić information content (AvgIpc) is 2.74. The molecule has 4 heteroatoms. The molecule has 0 aliphatic heterocycles. The highest BCUT2D eigenvalue weighted by atomic mass is 16.1. The lowest BCUT2D eigenvalue weighted by molar-refractivity contribution is -0.110. The quantitative estimate of drug-likeness (QED) is 0.683. The fourth-order valence-electron chi connectivity index (χ4n) is 1.90. The number of nitrogens with zero attached hydrogens (tertiary/aromatic N) is 1. The van der Waals surface area contributed by atoms with E-state index < -0.39 is 0 Å². The normalized spacial score (nSPS) is 14.3. The Morgan fingerprint density at radius 3 is 2.82 bits per heavy atom. The number of rotatable bonds is 8. The molecule has 0 aliphatic carbocycles. The molecule has 0 aliphatic rings. The third kappa shape index (κ3) is 4.59. The van der Waals surface area contributed by atoms with Crippen molar-refractivity contribution in [2.75, 3.05) is 0 Å². The summed E-state index contributed by atoms with van der Waals surface area (Å²) in [6, 6.07) is 0.0674. The minimum absolute atomic E-state index is 0.0674. The number of aromatic nitrogens is 2. The van der Waals surface area contributed by atoms with Crippen molar-refractivity contribution in [3.63, 3.8) is 0 Å². The minimum Gasteiger partial charge on any atom is -0.350 e. The molecule has 0 radical (unpaired) electrons. The van der Waals surface area contributed by atoms with E-state index >= 15 is 0 Å². The largest absolute Gasteiger partial charge is 0.350 e. The number of carbonyl (C=O) groups is 1. The second-order valence-electron chi connectivity index (χ2n) is 4.71. The van der Waals surface area contributed by atoms with E-state index in [0.29, 0.717) is 0 Å². The first kappa shape index (κ1) is 13.7. The zero-order chi connectivity index (χ0) is 12.7. The van der Waals surface area contributed by atoms with Gasteiger partial charge in [0, 0.05) is 0 Å². The van der Waals surface area contributed by atoms with Crippen LogP contribution in [0.1, 0.15) is 57.1 Å². The first-order chi connectivity index (χ1) is 8.17. The molecule has 0 bridgehead atoms. The average molecular weight is 237 g/mol. The predicted molar refractivity (Wildman–Crippen MR) is 68.6 cm³/mol. The Balaban J connectivity index is 2.46. The predicted octanol–water partition coefficient (Wildman–Crippen LogP) is 2.72. The molecule has 1 amide bonds. The number of hydrogen-bond acceptors (Lipinski definition) is 2. The van der Waals surface area contributed by atoms with E-state index in [0.717, 1.165) is 36.7 Å². The number of nitrogens with one attached hydrogen (secondary N) is 2. The summed E-state index contributed by atoms with van der Waals surface area (Å²) in [4.78, 5) is 18.0. The number of aryl methyl sites for hydroxylation is 1. The minimum atomic E-state index is 0.0674. The van der Waals surface area contributed by atoms with Crippen molar-refractivity contribution in [1.29, 1.82) is 0 Å². The van der Waals surface area contributed by atoms with Gasteiger partial charge < -0.3 is 10.3 Å². The smallest absolute Gasteiger partial charge is 0.207 e. The zero-order valence-electron chi connectivity index (χ0n) is 11.0. The van der Waals surface area contributed by atoms with Gasteiger partial charge in [-0.05, 0) is 19.3 Å². The molecule has 4 nitrogen and oxygen atoms in total. The van der Waals surface area contributed by atoms with Crippen LogP contribution in [0.2, 0.25) is 0 Å². The summed E-state index contributed by atoms with van der Waals surface area (Å²) in [6.07, 6.45) is 7.09. The number of aromatic amines is 1. The van der Waals surface area contributed by atoms with Gasteiger partial charge in [0.05, 0.1) is 17.9 Å². The first-order valence-corrected chi connectivity index (χ1v) is 6.38. The van der Waals surface area contributed by atoms with E-state index in [-0.39, 0.29) is 6.04 Å². The maximum Gasteiger partial charge on any atom is 0.207 e. The maximum atomic E-state index is 10.6. The van der Waals surface area contributed by atoms with E-state index in [1.807, 2.05) is 6.92 Å². The number of carbonyl (C=O) groups excluding carboxylic acids is 1. The van der Waals surface area contributed by atoms with Crippen LogP contribution in [0.4, 0.5) is 0 Å². The van der Waals surface area contributed by atoms with Crippen LogP contribution < -0.4 is 5.32 Å². The molecular weight excluding hydrogens is 214 g/mol. The van der Waals surface area contributed by atoms with Gasteiger partial charge in [0.2, 0.25) is 6.41 Å². The molecule has 0 aromatic carbocycles. The maximum absolute atomic E-state index is 10.6. The van der Waals surface area contributed by atoms with Crippen molar-refractivity contribution in [1.82, 2.24) is 15.3 Å². The Hall–Kier alpha value is -1.32. The van der Waals surface area contributed by atoms with E-state index in [4.69, 9.17) is 0 Å². The zero-order valence-corrected chi connectivity index (χ0v) is 11.0. The molecule has 2 unspecified atom stereocenters. The Bertz CT molecular complexity index is 335. The molecule has 2 N–H and O–H groups in total. The topological polar surface area (TPSA) is 57.8 Å². The van der Waals surface area contributed by atoms with Crippen LogP contribution in [-0.2, 0) is 4.79 Å². The van der Waals surface area contributed by atoms with Crippen LogP contribution in [-0.4, -0.2) is 16.4 Å². The summed E-state index contributed by atoms with van der Waals surface area (Å²) in [5.41, 5.74) is 0.999. The van der Waals surface area contributed by atoms with Gasteiger partial charge in [0.15, 0.2) is 0 Å². The highest BCUT2D eigenvalue weighted by Gasteiger charge is 2.12. The molecule has 0 spiro atoms. The van der Waals surface area contributed by atoms with Crippen LogP contribution in [0.5, 0.6) is 0 Å². The van der Waals surface area contributed by atoms with Gasteiger partial charge >= 0.3 is 0 Å². The van der Waals surface area contributed by atoms with Crippen LogP contribution >= 0.6 is 0 Å². The number of imidazole rings is 1. The second kappa shape index (κ2) is 7.09. The second-order valence-corrected chi connectivity index (χ2v) is 4.71. The lowest BCUT2D eigenvalue weighted by Crippen LogP contribution is -2.20. The van der Waals surface area contributed by atoms with E-state index in [1.54, 1.807) is 6.20 Å². The van der Waals surface area contributed by atoms with Gasteiger partial charge in [-0.3, -0.25) is 4.79 Å². The molecule has 17 heavy (non-hydrogen) atoms. The van der Waals surface area contributed by atoms with E-state index in [2.05, 4.69) is 29.1 Å². The monoisotopic (exact) mass is 237 g/mol. The van der Waals surface area contributed by atoms with Crippen LogP contribution in [0.3, 0.4) is 0 Å². The molecule has 0 saturated heterocycles. The summed E-state index contributed by atoms with van der Waals surface area (Å²) in [5, 5.41) is 2.85. The molecule has 2 atom stereocenters. The summed E-state index contributed by atoms with van der Waals surface area (Å²) < 4.78 is 0. The molecule has 96 valence electrons. The van der Waals surface area contributed by atoms with Gasteiger partial charge in [-0.2, -0.15) is 0 Å². The Morgan fingerprint density at radius 2 is 2.29 bits per heavy atom. The highest BCUT2D eigenvalue weighted by Crippen LogP contribution is 2.20. The van der Waals surface area contributed by atoms with Crippen molar-refractivity contribution in [3.05, 3.63) is 17.7 Å². The summed E-state index contributed by atoms with van der Waals surface area (Å²) >= 11 is 0. The summed E-state index contributed by atoms with van der Waals surface area (Å²) in [5.74, 6) is 1.65. The molecule has 1 aromatic rings. The molecule has 0 fully saturated rings. The molecule has 1 rings (SSSR count). The number of H-pyrrole nitrogens is 1. The summed E-state index contributed by atoms with van der Waals surface area (Å²) in [6.45, 7) is 6.40. The van der Waals surface area contributed by atoms with Crippen LogP contribution in [0.15, 0.2) is 6.20 Å². The molecular formula is C13H23N3O. The SMILES string of the molecule is CCC(C)CCCC(NC=O)c1cnc(C)[nH]1. The Labute approximate surface area is 103 Å². The van der Waals surface area contributed by atoms with Crippen molar-refractivity contribution in [3.8, 4) is 0 Å². The molecule has 1 aromatic heterocycles. The van der Waals surface area contributed by atoms with Gasteiger partial charge in [-0.15, -0.1) is 0 Å². The van der Waals surface area contributed by atoms with Crippen molar-refractivity contribution < 1.29 is 4.79 Å². The van der Waals surface area contributed by atoms with Crippen molar-refractivity contribution in [2.45, 2.75) is 52.5 Å². The standard InChI is InChI=1S/C13H23N3O/c1-4-10(2)6-5-7-12(15-9-17)13-8-14-11(3)16-13/h8-10,12H,4-7H2,1-3H3,(H,14,16)(H,15,17). The first-order valence-electron chi connectivity index (χ1n) is 6.38. The number of amides is 1. The fraction of sp³-hybridized carbons (Fsp3) is 0.692. The fourth-order valence-corrected chi connectivity index (χ4v) is 1.90. The highest BCUT2D eigenvalue weighted by molar-refractivity contribution is 5.47. The third-order valence-electron chi connectivity index (χ3n) is 3.25. The van der Waals surface area contributed by atoms with Crippen LogP contribution in [0, 0.1) is 12.8 Å². The lowest BCUT2D eigenvalue weighted by atomic mass is 9.98. The van der Waals surface area contributed by atoms with Gasteiger partial charge in [0.25, 0.3) is 0 Å². The Kier molecular flexibility index (Phi) is 5.73. The molecule has 0 saturated carbocycles. The Morgan fingerprint density at radius 1 is 1.53 bits per heavy atom. The van der Waals surface area contributed by atoms with Gasteiger partial charge in [-0.1, -0.05) is 33.1 Å². The summed E-state index contributed by atoms with van der Waals surface area (Å²) in [7, 11) is 0. The van der Waals surface area contributed by atoms with Crippen LogP contribution in [0.25, 0.3) is 0 Å².